The van der Waals surface area contributed by atoms with Gasteiger partial charge in [-0.3, -0.25) is 0 Å². The lowest BCUT2D eigenvalue weighted by Crippen LogP contribution is -1.92. The molecular formula is C9H7ClN2O. The van der Waals surface area contributed by atoms with E-state index in [9.17, 15) is 0 Å². The zero-order valence-electron chi connectivity index (χ0n) is 9.49. The van der Waals surface area contributed by atoms with Crippen LogP contribution in [0.2, 0.25) is 5.15 Å². The molecule has 0 aliphatic carbocycles. The van der Waals surface area contributed by atoms with Crippen molar-refractivity contribution in [2.24, 2.45) is 0 Å². The van der Waals surface area contributed by atoms with Gasteiger partial charge in [-0.1, -0.05) is 29.8 Å². The Morgan fingerprint density at radius 3 is 2.85 bits per heavy atom. The molecular weight excluding hydrogens is 188 g/mol. The van der Waals surface area contributed by atoms with Crippen LogP contribution >= 0.6 is 11.6 Å². The quantitative estimate of drug-likeness (QED) is 0.704. The van der Waals surface area contributed by atoms with Crippen molar-refractivity contribution in [3.63, 3.8) is 0 Å². The molecule has 0 saturated heterocycles. The number of hydrogen-bond donors (Lipinski definition) is 0. The Hall–Kier alpha value is -1.35. The van der Waals surface area contributed by atoms with Crippen LogP contribution in [0, 0.1) is 0 Å². The fourth-order valence-electron chi connectivity index (χ4n) is 1.12. The van der Waals surface area contributed by atoms with E-state index in [0.29, 0.717) is 10.8 Å². The number of fused-ring (bicyclic) bond motifs is 1. The van der Waals surface area contributed by atoms with Gasteiger partial charge in [-0.25, -0.2) is 0 Å². The Labute approximate surface area is 84.5 Å². The average molecular weight is 198 g/mol. The van der Waals surface area contributed by atoms with Crippen LogP contribution in [0.1, 0.15) is 4.11 Å². The minimum absolute atomic E-state index is 0.0417. The molecule has 0 bridgehead atoms. The van der Waals surface area contributed by atoms with Crippen molar-refractivity contribution >= 4 is 22.4 Å². The average Bonchev–Trinajstić information content (AvgIpc) is 2.21. The molecule has 0 radical (unpaired) electrons. The standard InChI is InChI=1S/C9H7ClN2O/c1-13-9-7-5-3-2-4-6(7)8(10)11-12-9/h2-5H,1H3/i1D3. The molecule has 0 atom stereocenters. The maximum absolute atomic E-state index is 7.01. The van der Waals surface area contributed by atoms with Gasteiger partial charge in [0.1, 0.15) is 0 Å². The number of hydrogen-bond acceptors (Lipinski definition) is 3. The molecule has 0 aliphatic rings. The Kier molecular flexibility index (Phi) is 1.32. The van der Waals surface area contributed by atoms with Gasteiger partial charge in [0.05, 0.1) is 11.2 Å². The molecule has 3 nitrogen and oxygen atoms in total. The van der Waals surface area contributed by atoms with Crippen molar-refractivity contribution in [1.29, 1.82) is 0 Å². The van der Waals surface area contributed by atoms with Gasteiger partial charge in [0.25, 0.3) is 0 Å². The van der Waals surface area contributed by atoms with E-state index in [-0.39, 0.29) is 11.0 Å². The van der Waals surface area contributed by atoms with Crippen LogP contribution in [0.3, 0.4) is 0 Å². The lowest BCUT2D eigenvalue weighted by atomic mass is 10.2. The van der Waals surface area contributed by atoms with Crippen molar-refractivity contribution in [2.45, 2.75) is 0 Å². The van der Waals surface area contributed by atoms with Crippen LogP contribution in [-0.2, 0) is 0 Å². The Morgan fingerprint density at radius 1 is 1.31 bits per heavy atom. The molecule has 0 aliphatic heterocycles. The van der Waals surface area contributed by atoms with E-state index < -0.39 is 7.04 Å². The van der Waals surface area contributed by atoms with E-state index in [1.54, 1.807) is 24.3 Å². The fraction of sp³-hybridized carbons (Fsp3) is 0.111. The lowest BCUT2D eigenvalue weighted by Gasteiger charge is -2.03. The topological polar surface area (TPSA) is 35.0 Å². The van der Waals surface area contributed by atoms with Gasteiger partial charge >= 0.3 is 0 Å². The second-order valence-corrected chi connectivity index (χ2v) is 2.80. The van der Waals surface area contributed by atoms with E-state index >= 15 is 0 Å². The predicted octanol–water partition coefficient (Wildman–Crippen LogP) is 2.29. The van der Waals surface area contributed by atoms with Crippen LogP contribution in [0.25, 0.3) is 10.8 Å². The molecule has 0 unspecified atom stereocenters. The molecule has 0 saturated carbocycles. The van der Waals surface area contributed by atoms with Gasteiger partial charge < -0.3 is 4.74 Å². The monoisotopic (exact) mass is 197 g/mol. The molecule has 4 heteroatoms. The number of ether oxygens (including phenoxy) is 1. The number of halogens is 1. The largest absolute Gasteiger partial charge is 0.479 e. The van der Waals surface area contributed by atoms with Crippen molar-refractivity contribution in [2.75, 3.05) is 7.04 Å². The number of methoxy groups -OCH3 is 1. The molecule has 1 aromatic heterocycles. The van der Waals surface area contributed by atoms with Crippen LogP contribution in [0.5, 0.6) is 5.88 Å². The molecule has 1 aromatic carbocycles. The molecule has 66 valence electrons. The summed E-state index contributed by atoms with van der Waals surface area (Å²) in [6, 6.07) is 6.91. The zero-order chi connectivity index (χ0) is 11.8. The first-order valence-electron chi connectivity index (χ1n) is 5.07. The third-order valence-electron chi connectivity index (χ3n) is 1.71. The smallest absolute Gasteiger partial charge is 0.241 e. The normalized spacial score (nSPS) is 14.7. The maximum atomic E-state index is 7.01. The first-order valence-corrected chi connectivity index (χ1v) is 3.95. The van der Waals surface area contributed by atoms with Crippen molar-refractivity contribution in [3.8, 4) is 5.88 Å². The Balaban J connectivity index is 2.59. The first kappa shape index (κ1) is 5.40. The molecule has 0 N–H and O–H groups in total. The summed E-state index contributed by atoms with van der Waals surface area (Å²) in [4.78, 5) is 0. The van der Waals surface area contributed by atoms with E-state index in [1.807, 2.05) is 0 Å². The third kappa shape index (κ3) is 1.31. The summed E-state index contributed by atoms with van der Waals surface area (Å²) in [7, 11) is -2.55. The molecule has 2 aromatic rings. The zero-order valence-corrected chi connectivity index (χ0v) is 7.25. The predicted molar refractivity (Wildman–Crippen MR) is 51.1 cm³/mol. The van der Waals surface area contributed by atoms with Gasteiger partial charge in [-0.15, -0.1) is 10.2 Å². The number of nitrogens with zero attached hydrogens (tertiary/aromatic N) is 2. The second kappa shape index (κ2) is 3.18. The van der Waals surface area contributed by atoms with Gasteiger partial charge in [0.15, 0.2) is 5.15 Å². The molecule has 2 rings (SSSR count). The molecule has 13 heavy (non-hydrogen) atoms. The Morgan fingerprint density at radius 2 is 2.08 bits per heavy atom. The number of rotatable bonds is 1. The maximum Gasteiger partial charge on any atom is 0.241 e. The minimum Gasteiger partial charge on any atom is -0.479 e. The summed E-state index contributed by atoms with van der Waals surface area (Å²) in [5, 5.41) is 8.61. The van der Waals surface area contributed by atoms with E-state index in [1.165, 1.54) is 0 Å². The Bertz CT molecular complexity index is 530. The molecule has 1 heterocycles. The molecule has 0 amide bonds. The highest BCUT2D eigenvalue weighted by atomic mass is 35.5. The fourth-order valence-corrected chi connectivity index (χ4v) is 1.32. The summed E-state index contributed by atoms with van der Waals surface area (Å²) in [6.07, 6.45) is 0. The molecule has 0 fully saturated rings. The summed E-state index contributed by atoms with van der Waals surface area (Å²) >= 11 is 5.83. The summed E-state index contributed by atoms with van der Waals surface area (Å²) in [5.41, 5.74) is 0. The second-order valence-electron chi connectivity index (χ2n) is 2.44. The van der Waals surface area contributed by atoms with Crippen LogP contribution < -0.4 is 4.74 Å². The number of benzene rings is 1. The van der Waals surface area contributed by atoms with Crippen LogP contribution in [-0.4, -0.2) is 17.2 Å². The summed E-state index contributed by atoms with van der Waals surface area (Å²) < 4.78 is 25.8. The third-order valence-corrected chi connectivity index (χ3v) is 1.98. The summed E-state index contributed by atoms with van der Waals surface area (Å²) in [6.45, 7) is 0. The highest BCUT2D eigenvalue weighted by Crippen LogP contribution is 2.26. The van der Waals surface area contributed by atoms with Crippen molar-refractivity contribution in [3.05, 3.63) is 29.4 Å². The minimum atomic E-state index is -2.55. The van der Waals surface area contributed by atoms with Gasteiger partial charge in [-0.2, -0.15) is 0 Å². The van der Waals surface area contributed by atoms with E-state index in [0.717, 1.165) is 0 Å². The van der Waals surface area contributed by atoms with Gasteiger partial charge in [-0.05, 0) is 6.07 Å². The highest BCUT2D eigenvalue weighted by Gasteiger charge is 2.05. The van der Waals surface area contributed by atoms with Crippen molar-refractivity contribution in [1.82, 2.24) is 10.2 Å². The van der Waals surface area contributed by atoms with E-state index in [2.05, 4.69) is 10.2 Å². The highest BCUT2D eigenvalue weighted by molar-refractivity contribution is 6.34. The lowest BCUT2D eigenvalue weighted by molar-refractivity contribution is 0.398. The molecule has 0 spiro atoms. The van der Waals surface area contributed by atoms with Gasteiger partial charge in [0, 0.05) is 10.8 Å². The van der Waals surface area contributed by atoms with Crippen LogP contribution in [0.4, 0.5) is 0 Å². The van der Waals surface area contributed by atoms with Gasteiger partial charge in [0.2, 0.25) is 5.88 Å². The van der Waals surface area contributed by atoms with Crippen molar-refractivity contribution < 1.29 is 8.85 Å². The SMILES string of the molecule is [2H]C([2H])([2H])Oc1nnc(Cl)c2ccccc12. The summed E-state index contributed by atoms with van der Waals surface area (Å²) in [5.74, 6) is -0.0417. The number of aromatic nitrogens is 2. The van der Waals surface area contributed by atoms with E-state index in [4.69, 9.17) is 20.5 Å². The van der Waals surface area contributed by atoms with Crippen LogP contribution in [0.15, 0.2) is 24.3 Å². The first-order chi connectivity index (χ1) is 7.47.